The van der Waals surface area contributed by atoms with E-state index in [-0.39, 0.29) is 30.4 Å². The van der Waals surface area contributed by atoms with Crippen LogP contribution in [0.15, 0.2) is 48.5 Å². The fourth-order valence-electron chi connectivity index (χ4n) is 6.12. The third-order valence-electron chi connectivity index (χ3n) is 7.80. The first kappa shape index (κ1) is 22.6. The zero-order chi connectivity index (χ0) is 24.8. The first-order valence-electron chi connectivity index (χ1n) is 12.8. The van der Waals surface area contributed by atoms with Gasteiger partial charge in [-0.2, -0.15) is 0 Å². The second-order valence-electron chi connectivity index (χ2n) is 9.91. The van der Waals surface area contributed by atoms with Gasteiger partial charge in [0.1, 0.15) is 12.7 Å². The van der Waals surface area contributed by atoms with Gasteiger partial charge in [-0.3, -0.25) is 14.4 Å². The predicted molar refractivity (Wildman–Crippen MR) is 138 cm³/mol. The zero-order valence-electron chi connectivity index (χ0n) is 20.6. The molecule has 36 heavy (non-hydrogen) atoms. The van der Waals surface area contributed by atoms with Gasteiger partial charge >= 0.3 is 0 Å². The van der Waals surface area contributed by atoms with Crippen LogP contribution in [0.25, 0.3) is 10.9 Å². The molecule has 6 rings (SSSR count). The molecule has 8 nitrogen and oxygen atoms in total. The summed E-state index contributed by atoms with van der Waals surface area (Å²) in [5, 5.41) is 4.19. The molecule has 0 bridgehead atoms. The van der Waals surface area contributed by atoms with Crippen LogP contribution in [-0.2, 0) is 22.6 Å². The van der Waals surface area contributed by atoms with E-state index in [1.807, 2.05) is 53.2 Å². The largest absolute Gasteiger partial charge is 0.354 e. The maximum Gasteiger partial charge on any atom is 0.257 e. The van der Waals surface area contributed by atoms with Crippen LogP contribution in [0.1, 0.15) is 47.0 Å². The molecule has 4 heterocycles. The molecule has 1 saturated heterocycles. The Morgan fingerprint density at radius 2 is 1.83 bits per heavy atom. The molecule has 8 heteroatoms. The Hall–Kier alpha value is -3.81. The Morgan fingerprint density at radius 1 is 1.03 bits per heavy atom. The number of para-hydroxylation sites is 2. The normalized spacial score (nSPS) is 18.9. The molecule has 3 aliphatic heterocycles. The molecule has 1 fully saturated rings. The summed E-state index contributed by atoms with van der Waals surface area (Å²) in [5.74, 6) is 0.190. The van der Waals surface area contributed by atoms with Crippen LogP contribution in [0.2, 0.25) is 0 Å². The highest BCUT2D eigenvalue weighted by atomic mass is 16.2. The van der Waals surface area contributed by atoms with Crippen molar-refractivity contribution in [2.75, 3.05) is 38.1 Å². The zero-order valence-corrected chi connectivity index (χ0v) is 20.6. The van der Waals surface area contributed by atoms with Gasteiger partial charge < -0.3 is 24.6 Å². The lowest BCUT2D eigenvalue weighted by atomic mass is 9.96. The van der Waals surface area contributed by atoms with Crippen LogP contribution in [0, 0.1) is 0 Å². The third-order valence-corrected chi connectivity index (χ3v) is 7.80. The van der Waals surface area contributed by atoms with Crippen molar-refractivity contribution in [1.29, 1.82) is 0 Å². The lowest BCUT2D eigenvalue weighted by Gasteiger charge is -2.46. The minimum atomic E-state index is -0.266. The van der Waals surface area contributed by atoms with Crippen molar-refractivity contribution in [3.05, 3.63) is 65.4 Å². The number of nitrogens with one attached hydrogen (secondary N) is 1. The molecule has 1 N–H and O–H groups in total. The fourth-order valence-corrected chi connectivity index (χ4v) is 6.12. The van der Waals surface area contributed by atoms with Crippen molar-refractivity contribution in [3.63, 3.8) is 0 Å². The summed E-state index contributed by atoms with van der Waals surface area (Å²) in [5.41, 5.74) is 4.88. The molecule has 2 aromatic carbocycles. The van der Waals surface area contributed by atoms with Gasteiger partial charge in [-0.1, -0.05) is 30.3 Å². The van der Waals surface area contributed by atoms with Crippen LogP contribution >= 0.6 is 0 Å². The van der Waals surface area contributed by atoms with E-state index in [0.29, 0.717) is 26.1 Å². The number of rotatable bonds is 6. The smallest absolute Gasteiger partial charge is 0.257 e. The molecule has 3 amide bonds. The van der Waals surface area contributed by atoms with E-state index in [0.717, 1.165) is 53.7 Å². The Kier molecular flexibility index (Phi) is 5.66. The quantitative estimate of drug-likeness (QED) is 0.545. The average Bonchev–Trinajstić information content (AvgIpc) is 3.45. The van der Waals surface area contributed by atoms with Crippen LogP contribution < -0.4 is 10.2 Å². The maximum absolute atomic E-state index is 13.4. The molecule has 1 unspecified atom stereocenters. The van der Waals surface area contributed by atoms with Crippen molar-refractivity contribution >= 4 is 34.3 Å². The van der Waals surface area contributed by atoms with Gasteiger partial charge in [0.05, 0.1) is 16.9 Å². The average molecular weight is 486 g/mol. The van der Waals surface area contributed by atoms with Crippen molar-refractivity contribution in [2.45, 2.75) is 38.4 Å². The number of amides is 3. The molecule has 1 aromatic heterocycles. The number of carbonyl (C=O) groups is 3. The van der Waals surface area contributed by atoms with Crippen LogP contribution in [0.3, 0.4) is 0 Å². The minimum Gasteiger partial charge on any atom is -0.354 e. The second-order valence-corrected chi connectivity index (χ2v) is 9.91. The molecule has 3 aromatic rings. The highest BCUT2D eigenvalue weighted by Gasteiger charge is 2.42. The van der Waals surface area contributed by atoms with Gasteiger partial charge in [0.25, 0.3) is 5.91 Å². The number of hydrogen-bond acceptors (Lipinski definition) is 4. The number of aromatic nitrogens is 1. The van der Waals surface area contributed by atoms with Crippen molar-refractivity contribution in [2.24, 2.45) is 0 Å². The topological polar surface area (TPSA) is 77.9 Å². The Labute approximate surface area is 210 Å². The summed E-state index contributed by atoms with van der Waals surface area (Å²) in [6, 6.07) is 15.9. The van der Waals surface area contributed by atoms with Gasteiger partial charge in [0.2, 0.25) is 11.8 Å². The Bertz CT molecular complexity index is 1360. The molecule has 0 radical (unpaired) electrons. The summed E-state index contributed by atoms with van der Waals surface area (Å²) in [7, 11) is 2.03. The van der Waals surface area contributed by atoms with Crippen LogP contribution in [0.5, 0.6) is 0 Å². The molecule has 1 atom stereocenters. The van der Waals surface area contributed by atoms with E-state index < -0.39 is 0 Å². The number of benzene rings is 2. The molecule has 0 saturated carbocycles. The van der Waals surface area contributed by atoms with Crippen LogP contribution in [-0.4, -0.2) is 65.3 Å². The highest BCUT2D eigenvalue weighted by molar-refractivity contribution is 6.02. The molecule has 3 aliphatic rings. The van der Waals surface area contributed by atoms with E-state index in [1.165, 1.54) is 5.56 Å². The maximum atomic E-state index is 13.4. The van der Waals surface area contributed by atoms with Gasteiger partial charge in [0.15, 0.2) is 0 Å². The summed E-state index contributed by atoms with van der Waals surface area (Å²) >= 11 is 0. The van der Waals surface area contributed by atoms with E-state index in [2.05, 4.69) is 26.9 Å². The molecule has 0 spiro atoms. The van der Waals surface area contributed by atoms with E-state index >= 15 is 0 Å². The SMILES string of the molecule is CN1c2ccccc2C(=O)N2CCc3c(n(CC(=O)NCCCN4CCCC4=O)c4ccccc34)C21. The summed E-state index contributed by atoms with van der Waals surface area (Å²) < 4.78 is 2.10. The Balaban J connectivity index is 1.28. The summed E-state index contributed by atoms with van der Waals surface area (Å²) in [4.78, 5) is 44.3. The standard InChI is InChI=1S/C28H31N5O3/c1-30-22-10-4-3-9-21(22)28(36)32-17-13-20-19-8-2-5-11-23(19)33(26(20)27(30)32)18-24(34)29-14-7-16-31-15-6-12-25(31)35/h2-5,8-11,27H,6-7,12-18H2,1H3,(H,29,34). The monoisotopic (exact) mass is 485 g/mol. The highest BCUT2D eigenvalue weighted by Crippen LogP contribution is 2.44. The van der Waals surface area contributed by atoms with Gasteiger partial charge in [-0.15, -0.1) is 0 Å². The number of hydrogen-bond donors (Lipinski definition) is 1. The second kappa shape index (κ2) is 9.00. The van der Waals surface area contributed by atoms with E-state index in [4.69, 9.17) is 0 Å². The summed E-state index contributed by atoms with van der Waals surface area (Å²) in [6.45, 7) is 2.87. The summed E-state index contributed by atoms with van der Waals surface area (Å²) in [6.07, 6.45) is 2.80. The van der Waals surface area contributed by atoms with E-state index in [1.54, 1.807) is 0 Å². The van der Waals surface area contributed by atoms with Gasteiger partial charge in [0, 0.05) is 50.6 Å². The van der Waals surface area contributed by atoms with E-state index in [9.17, 15) is 14.4 Å². The molecule has 0 aliphatic carbocycles. The minimum absolute atomic E-state index is 0.0390. The number of anilines is 1. The molecular weight excluding hydrogens is 454 g/mol. The van der Waals surface area contributed by atoms with Gasteiger partial charge in [-0.05, 0) is 43.0 Å². The fraction of sp³-hybridized carbons (Fsp3) is 0.393. The van der Waals surface area contributed by atoms with Crippen LogP contribution in [0.4, 0.5) is 5.69 Å². The molecule has 186 valence electrons. The molecular formula is C28H31N5O3. The first-order valence-corrected chi connectivity index (χ1v) is 12.8. The van der Waals surface area contributed by atoms with Gasteiger partial charge in [-0.25, -0.2) is 0 Å². The van der Waals surface area contributed by atoms with Crippen molar-refractivity contribution in [1.82, 2.24) is 19.7 Å². The first-order chi connectivity index (χ1) is 17.5. The lowest BCUT2D eigenvalue weighted by Crippen LogP contribution is -2.51. The predicted octanol–water partition coefficient (Wildman–Crippen LogP) is 2.92. The number of nitrogens with zero attached hydrogens (tertiary/aromatic N) is 4. The lowest BCUT2D eigenvalue weighted by molar-refractivity contribution is -0.127. The Morgan fingerprint density at radius 3 is 2.67 bits per heavy atom. The number of carbonyl (C=O) groups excluding carboxylic acids is 3. The number of likely N-dealkylation sites (tertiary alicyclic amines) is 1. The number of fused-ring (bicyclic) bond motifs is 6. The third kappa shape index (κ3) is 3.63. The van der Waals surface area contributed by atoms with Crippen molar-refractivity contribution < 1.29 is 14.4 Å². The van der Waals surface area contributed by atoms with Crippen molar-refractivity contribution in [3.8, 4) is 0 Å².